The zero-order valence-corrected chi connectivity index (χ0v) is 15.9. The van der Waals surface area contributed by atoms with E-state index in [1.807, 2.05) is 30.3 Å². The van der Waals surface area contributed by atoms with Gasteiger partial charge in [-0.3, -0.25) is 15.1 Å². The van der Waals surface area contributed by atoms with E-state index < -0.39 is 18.1 Å². The van der Waals surface area contributed by atoms with Crippen LogP contribution in [-0.4, -0.2) is 23.1 Å². The van der Waals surface area contributed by atoms with Gasteiger partial charge < -0.3 is 9.47 Å². The molecule has 30 heavy (non-hydrogen) atoms. The molecule has 1 aromatic heterocycles. The fraction of sp³-hybridized carbons (Fsp3) is 0.217. The fourth-order valence-corrected chi connectivity index (χ4v) is 4.25. The Morgan fingerprint density at radius 1 is 1.17 bits per heavy atom. The number of aromatic nitrogens is 1. The van der Waals surface area contributed by atoms with Gasteiger partial charge in [0, 0.05) is 16.7 Å². The number of nitriles is 1. The van der Waals surface area contributed by atoms with Crippen molar-refractivity contribution in [3.63, 3.8) is 0 Å². The van der Waals surface area contributed by atoms with Gasteiger partial charge in [0.1, 0.15) is 11.5 Å². The predicted molar refractivity (Wildman–Crippen MR) is 107 cm³/mol. The van der Waals surface area contributed by atoms with Crippen molar-refractivity contribution in [2.24, 2.45) is 0 Å². The molecule has 5 rings (SSSR count). The quantitative estimate of drug-likeness (QED) is 0.715. The zero-order chi connectivity index (χ0) is 20.7. The number of pyridine rings is 1. The Balaban J connectivity index is 1.47. The third-order valence-corrected chi connectivity index (χ3v) is 5.60. The maximum absolute atomic E-state index is 12.0. The largest absolute Gasteiger partial charge is 0.455 e. The lowest BCUT2D eigenvalue weighted by molar-refractivity contribution is -0.124. The monoisotopic (exact) mass is 399 g/mol. The average molecular weight is 399 g/mol. The molecule has 1 saturated heterocycles. The van der Waals surface area contributed by atoms with Crippen LogP contribution in [0.25, 0.3) is 10.8 Å². The van der Waals surface area contributed by atoms with E-state index >= 15 is 0 Å². The standard InChI is InChI=1S/C23H17N3O4/c24-11-14-8-9-19(17-6-2-1-5-16(14)17)29-15-10-13-4-3-7-18(20(13)25-12-15)21-22(27)26-23(28)30-21/h1-2,5-6,8-10,12,18,21H,3-4,7H2,(H,26,27,28)/t18-,21?/m0/s1. The molecule has 0 saturated carbocycles. The molecule has 1 fully saturated rings. The molecule has 2 heterocycles. The number of cyclic esters (lactones) is 1. The average Bonchev–Trinajstić information content (AvgIpc) is 3.11. The molecule has 2 aromatic carbocycles. The Morgan fingerprint density at radius 2 is 2.00 bits per heavy atom. The second-order valence-electron chi connectivity index (χ2n) is 7.40. The smallest absolute Gasteiger partial charge is 0.414 e. The van der Waals surface area contributed by atoms with Crippen LogP contribution in [0.15, 0.2) is 48.7 Å². The van der Waals surface area contributed by atoms with E-state index in [9.17, 15) is 14.9 Å². The van der Waals surface area contributed by atoms with Gasteiger partial charge in [-0.1, -0.05) is 24.3 Å². The highest BCUT2D eigenvalue weighted by molar-refractivity contribution is 6.00. The van der Waals surface area contributed by atoms with Gasteiger partial charge >= 0.3 is 6.09 Å². The number of fused-ring (bicyclic) bond motifs is 2. The number of benzene rings is 2. The summed E-state index contributed by atoms with van der Waals surface area (Å²) in [6, 6.07) is 15.3. The summed E-state index contributed by atoms with van der Waals surface area (Å²) in [5.74, 6) is 0.550. The summed E-state index contributed by atoms with van der Waals surface area (Å²) < 4.78 is 11.3. The van der Waals surface area contributed by atoms with E-state index in [4.69, 9.17) is 9.47 Å². The molecule has 2 amide bonds. The first-order valence-corrected chi connectivity index (χ1v) is 9.74. The number of nitrogens with zero attached hydrogens (tertiary/aromatic N) is 2. The van der Waals surface area contributed by atoms with Gasteiger partial charge in [0.15, 0.2) is 6.10 Å². The summed E-state index contributed by atoms with van der Waals surface area (Å²) in [6.07, 6.45) is 2.49. The summed E-state index contributed by atoms with van der Waals surface area (Å²) >= 11 is 0. The van der Waals surface area contributed by atoms with Crippen molar-refractivity contribution in [2.45, 2.75) is 31.3 Å². The molecule has 1 aliphatic carbocycles. The van der Waals surface area contributed by atoms with Gasteiger partial charge in [-0.05, 0) is 43.0 Å². The minimum Gasteiger partial charge on any atom is -0.455 e. The van der Waals surface area contributed by atoms with Crippen molar-refractivity contribution in [1.29, 1.82) is 5.26 Å². The van der Waals surface area contributed by atoms with Crippen molar-refractivity contribution in [2.75, 3.05) is 0 Å². The van der Waals surface area contributed by atoms with Crippen LogP contribution >= 0.6 is 0 Å². The second kappa shape index (κ2) is 7.16. The van der Waals surface area contributed by atoms with E-state index in [0.29, 0.717) is 17.1 Å². The second-order valence-corrected chi connectivity index (χ2v) is 7.40. The van der Waals surface area contributed by atoms with Crippen molar-refractivity contribution in [1.82, 2.24) is 10.3 Å². The SMILES string of the molecule is N#Cc1ccc(Oc2cnc3c(c2)CCC[C@@H]3C2OC(=O)NC2=O)c2ccccc12. The Kier molecular flexibility index (Phi) is 4.32. The van der Waals surface area contributed by atoms with Gasteiger partial charge in [0.25, 0.3) is 5.91 Å². The number of aryl methyl sites for hydroxylation is 1. The van der Waals surface area contributed by atoms with Crippen molar-refractivity contribution in [3.8, 4) is 17.6 Å². The summed E-state index contributed by atoms with van der Waals surface area (Å²) in [5.41, 5.74) is 2.35. The zero-order valence-electron chi connectivity index (χ0n) is 15.9. The van der Waals surface area contributed by atoms with Crippen LogP contribution in [0.1, 0.15) is 35.6 Å². The first-order chi connectivity index (χ1) is 14.6. The maximum Gasteiger partial charge on any atom is 0.414 e. The molecule has 7 nitrogen and oxygen atoms in total. The molecule has 3 aromatic rings. The molecule has 2 aliphatic rings. The molecular formula is C23H17N3O4. The van der Waals surface area contributed by atoms with Crippen LogP contribution in [0.4, 0.5) is 4.79 Å². The number of hydrogen-bond donors (Lipinski definition) is 1. The van der Waals surface area contributed by atoms with Crippen LogP contribution < -0.4 is 10.1 Å². The van der Waals surface area contributed by atoms with Crippen LogP contribution in [-0.2, 0) is 16.0 Å². The van der Waals surface area contributed by atoms with E-state index in [1.54, 1.807) is 18.3 Å². The minimum atomic E-state index is -0.835. The highest BCUT2D eigenvalue weighted by Crippen LogP contribution is 2.38. The number of rotatable bonds is 3. The van der Waals surface area contributed by atoms with Crippen molar-refractivity contribution in [3.05, 3.63) is 65.5 Å². The van der Waals surface area contributed by atoms with E-state index in [2.05, 4.69) is 16.4 Å². The number of hydrogen-bond acceptors (Lipinski definition) is 6. The van der Waals surface area contributed by atoms with Gasteiger partial charge in [-0.2, -0.15) is 5.26 Å². The lowest BCUT2D eigenvalue weighted by atomic mass is 9.83. The number of alkyl carbamates (subject to hydrolysis) is 1. The molecule has 2 atom stereocenters. The molecule has 0 radical (unpaired) electrons. The molecule has 7 heteroatoms. The van der Waals surface area contributed by atoms with E-state index in [1.165, 1.54) is 0 Å². The van der Waals surface area contributed by atoms with Crippen LogP contribution in [0, 0.1) is 11.3 Å². The molecule has 0 spiro atoms. The summed E-state index contributed by atoms with van der Waals surface area (Å²) in [6.45, 7) is 0. The first kappa shape index (κ1) is 18.1. The minimum absolute atomic E-state index is 0.259. The fourth-order valence-electron chi connectivity index (χ4n) is 4.25. The third-order valence-electron chi connectivity index (χ3n) is 5.60. The Labute approximate surface area is 172 Å². The van der Waals surface area contributed by atoms with Crippen LogP contribution in [0.3, 0.4) is 0 Å². The predicted octanol–water partition coefficient (Wildman–Crippen LogP) is 3.95. The highest BCUT2D eigenvalue weighted by Gasteiger charge is 2.41. The van der Waals surface area contributed by atoms with Gasteiger partial charge in [-0.15, -0.1) is 0 Å². The molecule has 0 bridgehead atoms. The number of ether oxygens (including phenoxy) is 2. The molecule has 1 unspecified atom stereocenters. The van der Waals surface area contributed by atoms with Crippen LogP contribution in [0.2, 0.25) is 0 Å². The summed E-state index contributed by atoms with van der Waals surface area (Å²) in [5, 5.41) is 13.2. The van der Waals surface area contributed by atoms with Crippen molar-refractivity contribution < 1.29 is 19.1 Å². The van der Waals surface area contributed by atoms with Crippen molar-refractivity contribution >= 4 is 22.8 Å². The normalized spacial score (nSPS) is 20.2. The van der Waals surface area contributed by atoms with E-state index in [0.717, 1.165) is 41.3 Å². The number of nitrogens with one attached hydrogen (secondary N) is 1. The van der Waals surface area contributed by atoms with Gasteiger partial charge in [-0.25, -0.2) is 4.79 Å². The Hall–Kier alpha value is -3.92. The lowest BCUT2D eigenvalue weighted by Gasteiger charge is -2.26. The molecular weight excluding hydrogens is 382 g/mol. The Bertz CT molecular complexity index is 1230. The summed E-state index contributed by atoms with van der Waals surface area (Å²) in [7, 11) is 0. The van der Waals surface area contributed by atoms with Gasteiger partial charge in [0.05, 0.1) is 23.5 Å². The number of amides is 2. The molecule has 148 valence electrons. The van der Waals surface area contributed by atoms with Crippen LogP contribution in [0.5, 0.6) is 11.5 Å². The topological polar surface area (TPSA) is 101 Å². The number of carbonyl (C=O) groups is 2. The number of carbonyl (C=O) groups excluding carboxylic acids is 2. The molecule has 1 aliphatic heterocycles. The summed E-state index contributed by atoms with van der Waals surface area (Å²) in [4.78, 5) is 28.0. The van der Waals surface area contributed by atoms with E-state index in [-0.39, 0.29) is 5.92 Å². The van der Waals surface area contributed by atoms with Gasteiger partial charge in [0.2, 0.25) is 0 Å². The highest BCUT2D eigenvalue weighted by atomic mass is 16.6. The number of imide groups is 1. The molecule has 1 N–H and O–H groups in total. The maximum atomic E-state index is 12.0. The Morgan fingerprint density at radius 3 is 2.77 bits per heavy atom. The lowest BCUT2D eigenvalue weighted by Crippen LogP contribution is -2.32. The first-order valence-electron chi connectivity index (χ1n) is 9.74. The third kappa shape index (κ3) is 3.03.